The van der Waals surface area contributed by atoms with Gasteiger partial charge >= 0.3 is 0 Å². The van der Waals surface area contributed by atoms with Crippen LogP contribution in [0.5, 0.6) is 0 Å². The van der Waals surface area contributed by atoms with Gasteiger partial charge in [0.15, 0.2) is 4.87 Å². The highest BCUT2D eigenvalue weighted by atomic mass is 32.2. The van der Waals surface area contributed by atoms with Crippen molar-refractivity contribution >= 4 is 15.8 Å². The number of anilines is 1. The second-order valence-electron chi connectivity index (χ2n) is 3.81. The Labute approximate surface area is 98.5 Å². The smallest absolute Gasteiger partial charge is 0.282 e. The second-order valence-corrected chi connectivity index (χ2v) is 5.23. The van der Waals surface area contributed by atoms with Gasteiger partial charge in [-0.3, -0.25) is 4.55 Å². The normalized spacial score (nSPS) is 16.2. The maximum absolute atomic E-state index is 11.5. The summed E-state index contributed by atoms with van der Waals surface area (Å²) in [7, 11) is -4.25. The minimum atomic E-state index is -4.25. The quantitative estimate of drug-likeness (QED) is 0.637. The lowest BCUT2D eigenvalue weighted by Crippen LogP contribution is -2.26. The van der Waals surface area contributed by atoms with Crippen LogP contribution in [0.25, 0.3) is 0 Å². The van der Waals surface area contributed by atoms with E-state index in [9.17, 15) is 13.3 Å². The maximum Gasteiger partial charge on any atom is 0.294 e. The molecule has 1 aliphatic rings. The Bertz CT molecular complexity index is 606. The molecule has 0 aromatic heterocycles. The Morgan fingerprint density at radius 1 is 1.41 bits per heavy atom. The summed E-state index contributed by atoms with van der Waals surface area (Å²) in [5, 5.41) is 1.37. The van der Waals surface area contributed by atoms with Crippen LogP contribution in [-0.2, 0) is 10.1 Å². The molecule has 0 unspecified atom stereocenters. The first-order valence-electron chi connectivity index (χ1n) is 4.86. The molecule has 6 nitrogen and oxygen atoms in total. The predicted octanol–water partition coefficient (Wildman–Crippen LogP) is 1.35. The van der Waals surface area contributed by atoms with Gasteiger partial charge in [-0.2, -0.15) is 8.42 Å². The first-order valence-corrected chi connectivity index (χ1v) is 6.30. The summed E-state index contributed by atoms with van der Waals surface area (Å²) in [5.41, 5.74) is 1.29. The lowest BCUT2D eigenvalue weighted by molar-refractivity contribution is -0.483. The van der Waals surface area contributed by atoms with Gasteiger partial charge in [-0.25, -0.2) is 0 Å². The third-order valence-corrected chi connectivity index (χ3v) is 3.23. The summed E-state index contributed by atoms with van der Waals surface area (Å²) in [6.45, 7) is 2.20. The van der Waals surface area contributed by atoms with Gasteiger partial charge in [-0.1, -0.05) is 11.1 Å². The number of hydrogen-bond donors (Lipinski definition) is 1. The summed E-state index contributed by atoms with van der Waals surface area (Å²) in [4.78, 5) is 11.9. The van der Waals surface area contributed by atoms with Crippen LogP contribution in [0.15, 0.2) is 40.9 Å². The van der Waals surface area contributed by atoms with Crippen molar-refractivity contribution in [2.75, 3.05) is 11.6 Å². The van der Waals surface area contributed by atoms with Crippen molar-refractivity contribution < 1.29 is 17.8 Å². The third kappa shape index (κ3) is 2.34. The number of benzene rings is 1. The highest BCUT2D eigenvalue weighted by Gasteiger charge is 2.29. The van der Waals surface area contributed by atoms with Crippen LogP contribution in [0.2, 0.25) is 0 Å². The van der Waals surface area contributed by atoms with E-state index in [0.717, 1.165) is 5.57 Å². The lowest BCUT2D eigenvalue weighted by Gasteiger charge is -2.08. The van der Waals surface area contributed by atoms with Crippen LogP contribution in [0, 0.1) is 4.91 Å². The van der Waals surface area contributed by atoms with Gasteiger partial charge in [-0.05, 0) is 25.1 Å². The average molecular weight is 255 g/mol. The summed E-state index contributed by atoms with van der Waals surface area (Å²) >= 11 is 0. The monoisotopic (exact) mass is 255 g/mol. The number of nitroso groups, excluding NO2 is 1. The molecule has 0 fully saturated rings. The SMILES string of the molecule is CC1=C[N+](=O)N(c2cccc(S(=O)(=O)O)c2)C1. The van der Waals surface area contributed by atoms with Crippen LogP contribution in [0.4, 0.5) is 5.69 Å². The molecule has 90 valence electrons. The molecule has 0 radical (unpaired) electrons. The molecule has 0 aliphatic carbocycles. The third-order valence-electron chi connectivity index (χ3n) is 2.38. The van der Waals surface area contributed by atoms with Crippen molar-refractivity contribution in [3.8, 4) is 0 Å². The Hall–Kier alpha value is -1.73. The molecule has 0 amide bonds. The molecule has 0 saturated heterocycles. The topological polar surface area (TPSA) is 77.7 Å². The van der Waals surface area contributed by atoms with E-state index >= 15 is 0 Å². The standard InChI is InChI=1S/C10H10N2O4S/c1-8-6-11(12(13)7-8)9-3-2-4-10(5-9)17(14,15)16/h2-5,7H,6H2,1H3/p+1. The van der Waals surface area contributed by atoms with E-state index in [1.54, 1.807) is 13.0 Å². The molecule has 0 atom stereocenters. The van der Waals surface area contributed by atoms with E-state index < -0.39 is 10.1 Å². The van der Waals surface area contributed by atoms with Gasteiger partial charge in [0, 0.05) is 5.57 Å². The molecule has 1 heterocycles. The van der Waals surface area contributed by atoms with Crippen molar-refractivity contribution in [3.63, 3.8) is 0 Å². The largest absolute Gasteiger partial charge is 0.294 e. The molecule has 1 N–H and O–H groups in total. The molecule has 1 aromatic carbocycles. The number of hydrazine groups is 1. The van der Waals surface area contributed by atoms with Gasteiger partial charge in [0.1, 0.15) is 12.2 Å². The van der Waals surface area contributed by atoms with Crippen molar-refractivity contribution in [2.24, 2.45) is 0 Å². The highest BCUT2D eigenvalue weighted by Crippen LogP contribution is 2.23. The Kier molecular flexibility index (Phi) is 2.72. The molecular formula is C10H11N2O4S+. The second kappa shape index (κ2) is 3.94. The molecule has 17 heavy (non-hydrogen) atoms. The van der Waals surface area contributed by atoms with Gasteiger partial charge in [0.05, 0.1) is 9.80 Å². The van der Waals surface area contributed by atoms with Crippen LogP contribution in [0.3, 0.4) is 0 Å². The first-order chi connectivity index (χ1) is 7.88. The van der Waals surface area contributed by atoms with Crippen LogP contribution in [0.1, 0.15) is 6.92 Å². The van der Waals surface area contributed by atoms with Crippen LogP contribution in [-0.4, -0.2) is 24.4 Å². The lowest BCUT2D eigenvalue weighted by atomic mass is 10.3. The van der Waals surface area contributed by atoms with Crippen LogP contribution < -0.4 is 5.01 Å². The zero-order chi connectivity index (χ0) is 12.6. The molecule has 0 saturated carbocycles. The van der Waals surface area contributed by atoms with E-state index in [0.29, 0.717) is 17.1 Å². The summed E-state index contributed by atoms with van der Waals surface area (Å²) in [6.07, 6.45) is 1.42. The number of rotatable bonds is 2. The summed E-state index contributed by atoms with van der Waals surface area (Å²) in [6, 6.07) is 5.60. The van der Waals surface area contributed by atoms with E-state index in [4.69, 9.17) is 4.55 Å². The zero-order valence-corrected chi connectivity index (χ0v) is 9.88. The fourth-order valence-corrected chi connectivity index (χ4v) is 2.13. The minimum Gasteiger partial charge on any atom is -0.282 e. The molecular weight excluding hydrogens is 244 g/mol. The van der Waals surface area contributed by atoms with Gasteiger partial charge in [0.2, 0.25) is 0 Å². The molecule has 1 aliphatic heterocycles. The molecule has 1 aromatic rings. The Morgan fingerprint density at radius 3 is 2.65 bits per heavy atom. The first kappa shape index (κ1) is 11.7. The van der Waals surface area contributed by atoms with Gasteiger partial charge in [-0.15, -0.1) is 0 Å². The van der Waals surface area contributed by atoms with Crippen molar-refractivity contribution in [3.05, 3.63) is 40.9 Å². The Morgan fingerprint density at radius 2 is 2.12 bits per heavy atom. The number of nitrogens with zero attached hydrogens (tertiary/aromatic N) is 2. The minimum absolute atomic E-state index is 0.229. The van der Waals surface area contributed by atoms with Gasteiger partial charge < -0.3 is 0 Å². The summed E-state index contributed by atoms with van der Waals surface area (Å²) in [5.74, 6) is 0. The molecule has 0 spiro atoms. The van der Waals surface area contributed by atoms with Crippen LogP contribution >= 0.6 is 0 Å². The average Bonchev–Trinajstić information content (AvgIpc) is 2.57. The van der Waals surface area contributed by atoms with Crippen molar-refractivity contribution in [1.82, 2.24) is 0 Å². The Balaban J connectivity index is 2.39. The highest BCUT2D eigenvalue weighted by molar-refractivity contribution is 7.85. The zero-order valence-electron chi connectivity index (χ0n) is 9.07. The van der Waals surface area contributed by atoms with E-state index in [2.05, 4.69) is 0 Å². The fraction of sp³-hybridized carbons (Fsp3) is 0.200. The van der Waals surface area contributed by atoms with Crippen molar-refractivity contribution in [1.29, 1.82) is 0 Å². The number of hydrogen-bond acceptors (Lipinski definition) is 3. The fourth-order valence-electron chi connectivity index (χ4n) is 1.61. The molecule has 7 heteroatoms. The molecule has 0 bridgehead atoms. The van der Waals surface area contributed by atoms with Gasteiger partial charge in [0.25, 0.3) is 16.3 Å². The predicted molar refractivity (Wildman–Crippen MR) is 61.0 cm³/mol. The maximum atomic E-state index is 11.5. The van der Waals surface area contributed by atoms with Crippen molar-refractivity contribution in [2.45, 2.75) is 11.8 Å². The van der Waals surface area contributed by atoms with E-state index in [1.807, 2.05) is 0 Å². The van der Waals surface area contributed by atoms with E-state index in [1.165, 1.54) is 29.4 Å². The summed E-state index contributed by atoms with van der Waals surface area (Å²) < 4.78 is 30.9. The molecule has 2 rings (SSSR count). The van der Waals surface area contributed by atoms with E-state index in [-0.39, 0.29) is 4.90 Å².